The van der Waals surface area contributed by atoms with Crippen LogP contribution < -0.4 is 0 Å². The van der Waals surface area contributed by atoms with Crippen molar-refractivity contribution in [2.24, 2.45) is 0 Å². The number of hydrogen-bond donors (Lipinski definition) is 0. The summed E-state index contributed by atoms with van der Waals surface area (Å²) >= 11 is 2.38. The Morgan fingerprint density at radius 3 is 2.18 bits per heavy atom. The van der Waals surface area contributed by atoms with E-state index in [1.165, 1.54) is 19.4 Å². The fourth-order valence-corrected chi connectivity index (χ4v) is 1.86. The van der Waals surface area contributed by atoms with Gasteiger partial charge in [-0.1, -0.05) is 0 Å². The zero-order valence-corrected chi connectivity index (χ0v) is 8.57. The normalized spacial score (nSPS) is 39.1. The third-order valence-corrected chi connectivity index (χ3v) is 3.91. The van der Waals surface area contributed by atoms with E-state index in [9.17, 15) is 0 Å². The van der Waals surface area contributed by atoms with Crippen LogP contribution in [0.2, 0.25) is 4.09 Å². The Balaban J connectivity index is 2.82. The van der Waals surface area contributed by atoms with E-state index in [4.69, 9.17) is 0 Å². The topological polar surface area (TPSA) is 3.24 Å². The Hall–Kier alpha value is 0.557. The molecule has 1 nitrogen and oxygen atoms in total. The number of likely N-dealkylation sites (tertiary alicyclic amines) is 1. The third-order valence-electron chi connectivity index (χ3n) is 3.91. The van der Waals surface area contributed by atoms with Gasteiger partial charge in [-0.3, -0.25) is 0 Å². The van der Waals surface area contributed by atoms with Gasteiger partial charge < -0.3 is 0 Å². The Morgan fingerprint density at radius 1 is 1.27 bits per heavy atom. The van der Waals surface area contributed by atoms with Crippen molar-refractivity contribution in [1.82, 2.24) is 4.90 Å². The van der Waals surface area contributed by atoms with Gasteiger partial charge in [0, 0.05) is 0 Å². The molecule has 60 valence electrons. The quantitative estimate of drug-likeness (QED) is 0.472. The molecule has 11 heavy (non-hydrogen) atoms. The fraction of sp³-hybridized carbons (Fsp3) is 1.00. The van der Waals surface area contributed by atoms with Gasteiger partial charge in [-0.15, -0.1) is 0 Å². The van der Waals surface area contributed by atoms with Crippen molar-refractivity contribution in [3.05, 3.63) is 0 Å². The summed E-state index contributed by atoms with van der Waals surface area (Å²) in [5, 5.41) is 0. The molecule has 1 saturated heterocycles. The second kappa shape index (κ2) is 2.80. The van der Waals surface area contributed by atoms with E-state index in [2.05, 4.69) is 50.4 Å². The Morgan fingerprint density at radius 2 is 1.82 bits per heavy atom. The Kier molecular flexibility index (Phi) is 2.46. The molecule has 2 heteroatoms. The molecular formula is C9H18LiN. The predicted molar refractivity (Wildman–Crippen MR) is 50.1 cm³/mol. The average molecular weight is 147 g/mol. The third kappa shape index (κ3) is 1.52. The van der Waals surface area contributed by atoms with Crippen LogP contribution in [-0.2, 0) is 0 Å². The van der Waals surface area contributed by atoms with Crippen LogP contribution in [0.25, 0.3) is 0 Å². The van der Waals surface area contributed by atoms with E-state index in [0.29, 0.717) is 9.63 Å². The fourth-order valence-electron chi connectivity index (χ4n) is 1.86. The van der Waals surface area contributed by atoms with E-state index in [0.717, 1.165) is 0 Å². The number of piperidine rings is 1. The summed E-state index contributed by atoms with van der Waals surface area (Å²) in [7, 11) is 2.24. The molecule has 0 radical (unpaired) electrons. The summed E-state index contributed by atoms with van der Waals surface area (Å²) in [5.41, 5.74) is 0.366. The molecule has 0 aliphatic carbocycles. The van der Waals surface area contributed by atoms with Crippen molar-refractivity contribution >= 4 is 17.7 Å². The van der Waals surface area contributed by atoms with E-state index >= 15 is 0 Å². The molecule has 1 unspecified atom stereocenters. The van der Waals surface area contributed by atoms with Gasteiger partial charge in [-0.2, -0.15) is 0 Å². The van der Waals surface area contributed by atoms with Gasteiger partial charge in [0.2, 0.25) is 0 Å². The van der Waals surface area contributed by atoms with Crippen LogP contribution in [0, 0.1) is 0 Å². The molecule has 0 saturated carbocycles. The van der Waals surface area contributed by atoms with Crippen LogP contribution >= 0.6 is 0 Å². The molecule has 1 aliphatic heterocycles. The minimum absolute atomic E-state index is 0.366. The van der Waals surface area contributed by atoms with Gasteiger partial charge in [-0.05, 0) is 0 Å². The van der Waals surface area contributed by atoms with E-state index in [-0.39, 0.29) is 0 Å². The molecule has 0 bridgehead atoms. The molecule has 0 aromatic heterocycles. The monoisotopic (exact) mass is 147 g/mol. The van der Waals surface area contributed by atoms with Crippen LogP contribution in [0.15, 0.2) is 0 Å². The van der Waals surface area contributed by atoms with Crippen LogP contribution in [0.4, 0.5) is 0 Å². The first-order valence-electron chi connectivity index (χ1n) is 4.59. The van der Waals surface area contributed by atoms with Crippen molar-refractivity contribution in [3.63, 3.8) is 0 Å². The molecule has 0 N–H and O–H groups in total. The van der Waals surface area contributed by atoms with Crippen molar-refractivity contribution < 1.29 is 0 Å². The van der Waals surface area contributed by atoms with Crippen molar-refractivity contribution in [2.75, 3.05) is 13.6 Å². The molecule has 0 aromatic rings. The molecular weight excluding hydrogens is 129 g/mol. The molecule has 1 aliphatic rings. The van der Waals surface area contributed by atoms with Gasteiger partial charge in [0.05, 0.1) is 0 Å². The summed E-state index contributed by atoms with van der Waals surface area (Å²) in [6.07, 6.45) is 2.72. The van der Waals surface area contributed by atoms with Gasteiger partial charge in [0.25, 0.3) is 0 Å². The number of hydrogen-bond acceptors (Lipinski definition) is 1. The second-order valence-electron chi connectivity index (χ2n) is 4.97. The standard InChI is InChI=1S/C9H18N.Li/c1-8-6-5-7-10(4)9(8,2)3;/h5-7H2,1-4H3;. The average Bonchev–Trinajstić information content (AvgIpc) is 1.84. The summed E-state index contributed by atoms with van der Waals surface area (Å²) in [6, 6.07) is 0. The van der Waals surface area contributed by atoms with E-state index < -0.39 is 0 Å². The van der Waals surface area contributed by atoms with Crippen LogP contribution in [0.3, 0.4) is 0 Å². The SMILES string of the molecule is [Li][C]1(C)CCCN(C)C1(C)C. The van der Waals surface area contributed by atoms with Crippen molar-refractivity contribution in [1.29, 1.82) is 0 Å². The number of rotatable bonds is 0. The van der Waals surface area contributed by atoms with Crippen molar-refractivity contribution in [2.45, 2.75) is 43.2 Å². The summed E-state index contributed by atoms with van der Waals surface area (Å²) in [6.45, 7) is 8.34. The first kappa shape index (κ1) is 9.64. The van der Waals surface area contributed by atoms with Gasteiger partial charge in [-0.25, -0.2) is 0 Å². The molecule has 0 amide bonds. The summed E-state index contributed by atoms with van der Waals surface area (Å²) in [4.78, 5) is 2.48. The van der Waals surface area contributed by atoms with Crippen LogP contribution in [0.5, 0.6) is 0 Å². The molecule has 1 atom stereocenters. The Labute approximate surface area is 79.7 Å². The first-order valence-corrected chi connectivity index (χ1v) is 4.59. The predicted octanol–water partition coefficient (Wildman–Crippen LogP) is 1.84. The van der Waals surface area contributed by atoms with Gasteiger partial charge in [0.15, 0.2) is 0 Å². The molecule has 1 rings (SSSR count). The van der Waals surface area contributed by atoms with Crippen molar-refractivity contribution in [3.8, 4) is 0 Å². The molecule has 0 spiro atoms. The summed E-state index contributed by atoms with van der Waals surface area (Å²) in [5.74, 6) is 0. The second-order valence-corrected chi connectivity index (χ2v) is 4.97. The summed E-state index contributed by atoms with van der Waals surface area (Å²) < 4.78 is 0.472. The van der Waals surface area contributed by atoms with E-state index in [1.807, 2.05) is 0 Å². The van der Waals surface area contributed by atoms with Crippen LogP contribution in [-0.4, -0.2) is 41.7 Å². The molecule has 1 heterocycles. The maximum absolute atomic E-state index is 2.48. The van der Waals surface area contributed by atoms with Crippen LogP contribution in [0.1, 0.15) is 33.6 Å². The van der Waals surface area contributed by atoms with E-state index in [1.54, 1.807) is 0 Å². The maximum atomic E-state index is 2.48. The zero-order valence-electron chi connectivity index (χ0n) is 8.57. The molecule has 0 aromatic carbocycles. The Bertz CT molecular complexity index is 152. The first-order chi connectivity index (χ1) is 4.88. The van der Waals surface area contributed by atoms with Gasteiger partial charge >= 0.3 is 79.4 Å². The zero-order chi connectivity index (χ0) is 8.70. The minimum atomic E-state index is 0.366. The molecule has 1 fully saturated rings. The number of nitrogens with zero attached hydrogens (tertiary/aromatic N) is 1. The van der Waals surface area contributed by atoms with Gasteiger partial charge in [0.1, 0.15) is 0 Å².